The molecule has 0 aliphatic heterocycles. The fraction of sp³-hybridized carbons (Fsp3) is 0.250. The van der Waals surface area contributed by atoms with Crippen LogP contribution < -0.4 is 0 Å². The van der Waals surface area contributed by atoms with Crippen LogP contribution in [0.3, 0.4) is 0 Å². The van der Waals surface area contributed by atoms with Crippen LogP contribution in [0.1, 0.15) is 24.5 Å². The molecule has 16 heavy (non-hydrogen) atoms. The smallest absolute Gasteiger partial charge is 0.139 e. The highest BCUT2D eigenvalue weighted by atomic mass is 79.9. The molecule has 1 aliphatic carbocycles. The van der Waals surface area contributed by atoms with Gasteiger partial charge in [-0.1, -0.05) is 11.6 Å². The molecule has 0 spiro atoms. The van der Waals surface area contributed by atoms with E-state index in [1.807, 2.05) is 6.07 Å². The van der Waals surface area contributed by atoms with Gasteiger partial charge in [-0.3, -0.25) is 4.98 Å². The lowest BCUT2D eigenvalue weighted by molar-refractivity contribution is 0.622. The first-order valence-electron chi connectivity index (χ1n) is 5.10. The highest BCUT2D eigenvalue weighted by Crippen LogP contribution is 2.41. The summed E-state index contributed by atoms with van der Waals surface area (Å²) in [6, 6.07) is 5.00. The zero-order valence-electron chi connectivity index (χ0n) is 8.30. The molecule has 1 saturated carbocycles. The summed E-state index contributed by atoms with van der Waals surface area (Å²) >= 11 is 9.32. The minimum atomic E-state index is -0.302. The SMILES string of the molecule is Fc1cc2nc(C3CC3)cc(Cl)c2cc1Br. The third-order valence-corrected chi connectivity index (χ3v) is 3.74. The molecule has 1 nitrogen and oxygen atoms in total. The lowest BCUT2D eigenvalue weighted by Gasteiger charge is -2.05. The van der Waals surface area contributed by atoms with Crippen LogP contribution in [0.2, 0.25) is 5.02 Å². The van der Waals surface area contributed by atoms with E-state index >= 15 is 0 Å². The Bertz CT molecular complexity index is 581. The summed E-state index contributed by atoms with van der Waals surface area (Å²) in [6.07, 6.45) is 2.32. The van der Waals surface area contributed by atoms with E-state index in [1.54, 1.807) is 6.07 Å². The topological polar surface area (TPSA) is 12.9 Å². The summed E-state index contributed by atoms with van der Waals surface area (Å²) in [7, 11) is 0. The molecule has 2 aromatic rings. The minimum absolute atomic E-state index is 0.302. The van der Waals surface area contributed by atoms with Gasteiger partial charge in [0.2, 0.25) is 0 Å². The van der Waals surface area contributed by atoms with Gasteiger partial charge in [0.05, 0.1) is 15.0 Å². The van der Waals surface area contributed by atoms with Crippen LogP contribution in [0.25, 0.3) is 10.9 Å². The molecular weight excluding hydrogens is 292 g/mol. The summed E-state index contributed by atoms with van der Waals surface area (Å²) in [6.45, 7) is 0. The predicted molar refractivity (Wildman–Crippen MR) is 66.4 cm³/mol. The Kier molecular flexibility index (Phi) is 2.41. The van der Waals surface area contributed by atoms with Gasteiger partial charge in [0.25, 0.3) is 0 Å². The van der Waals surface area contributed by atoms with Crippen molar-refractivity contribution in [1.82, 2.24) is 4.98 Å². The van der Waals surface area contributed by atoms with E-state index in [0.29, 0.717) is 20.9 Å². The van der Waals surface area contributed by atoms with E-state index in [1.165, 1.54) is 6.07 Å². The van der Waals surface area contributed by atoms with Gasteiger partial charge >= 0.3 is 0 Å². The van der Waals surface area contributed by atoms with Gasteiger partial charge in [0, 0.05) is 23.1 Å². The van der Waals surface area contributed by atoms with Crippen LogP contribution in [0.5, 0.6) is 0 Å². The maximum atomic E-state index is 13.4. The van der Waals surface area contributed by atoms with Gasteiger partial charge < -0.3 is 0 Å². The first kappa shape index (κ1) is 10.5. The van der Waals surface area contributed by atoms with Crippen molar-refractivity contribution in [3.63, 3.8) is 0 Å². The Balaban J connectivity index is 2.28. The van der Waals surface area contributed by atoms with Gasteiger partial charge in [0.15, 0.2) is 0 Å². The van der Waals surface area contributed by atoms with E-state index in [0.717, 1.165) is 23.9 Å². The van der Waals surface area contributed by atoms with Crippen molar-refractivity contribution in [2.24, 2.45) is 0 Å². The van der Waals surface area contributed by atoms with Crippen molar-refractivity contribution in [2.75, 3.05) is 0 Å². The highest BCUT2D eigenvalue weighted by Gasteiger charge is 2.25. The third kappa shape index (κ3) is 1.72. The van der Waals surface area contributed by atoms with Crippen molar-refractivity contribution >= 4 is 38.4 Å². The molecule has 0 N–H and O–H groups in total. The monoisotopic (exact) mass is 299 g/mol. The van der Waals surface area contributed by atoms with Gasteiger partial charge in [-0.2, -0.15) is 0 Å². The van der Waals surface area contributed by atoms with Gasteiger partial charge in [-0.25, -0.2) is 4.39 Å². The average molecular weight is 301 g/mol. The number of fused-ring (bicyclic) bond motifs is 1. The van der Waals surface area contributed by atoms with Crippen LogP contribution >= 0.6 is 27.5 Å². The second kappa shape index (κ2) is 3.67. The first-order valence-corrected chi connectivity index (χ1v) is 6.27. The Hall–Kier alpha value is -0.670. The second-order valence-electron chi connectivity index (χ2n) is 4.09. The molecule has 1 aliphatic rings. The van der Waals surface area contributed by atoms with E-state index < -0.39 is 0 Å². The van der Waals surface area contributed by atoms with E-state index in [9.17, 15) is 4.39 Å². The molecule has 0 amide bonds. The van der Waals surface area contributed by atoms with Crippen LogP contribution in [-0.4, -0.2) is 4.98 Å². The zero-order valence-corrected chi connectivity index (χ0v) is 10.6. The third-order valence-electron chi connectivity index (χ3n) is 2.82. The molecular formula is C12H8BrClFN. The maximum absolute atomic E-state index is 13.4. The molecule has 0 saturated heterocycles. The summed E-state index contributed by atoms with van der Waals surface area (Å²) in [4.78, 5) is 4.45. The van der Waals surface area contributed by atoms with E-state index in [-0.39, 0.29) is 5.82 Å². The predicted octanol–water partition coefficient (Wildman–Crippen LogP) is 4.67. The lowest BCUT2D eigenvalue weighted by atomic mass is 10.1. The molecule has 4 heteroatoms. The van der Waals surface area contributed by atoms with Crippen LogP contribution in [-0.2, 0) is 0 Å². The van der Waals surface area contributed by atoms with Gasteiger partial charge in [-0.05, 0) is 40.9 Å². The van der Waals surface area contributed by atoms with Gasteiger partial charge in [0.1, 0.15) is 5.82 Å². The number of hydrogen-bond donors (Lipinski definition) is 0. The number of hydrogen-bond acceptors (Lipinski definition) is 1. The minimum Gasteiger partial charge on any atom is -0.252 e. The molecule has 0 bridgehead atoms. The van der Waals surface area contributed by atoms with Crippen molar-refractivity contribution in [3.05, 3.63) is 39.2 Å². The Labute approximate surface area is 106 Å². The molecule has 1 fully saturated rings. The second-order valence-corrected chi connectivity index (χ2v) is 5.35. The Morgan fingerprint density at radius 1 is 1.31 bits per heavy atom. The Morgan fingerprint density at radius 2 is 2.06 bits per heavy atom. The number of pyridine rings is 1. The summed E-state index contributed by atoms with van der Waals surface area (Å²) < 4.78 is 13.8. The maximum Gasteiger partial charge on any atom is 0.139 e. The lowest BCUT2D eigenvalue weighted by Crippen LogP contribution is -1.90. The molecule has 0 unspecified atom stereocenters. The Morgan fingerprint density at radius 3 is 2.75 bits per heavy atom. The van der Waals surface area contributed by atoms with Crippen molar-refractivity contribution in [1.29, 1.82) is 0 Å². The number of halogens is 3. The van der Waals surface area contributed by atoms with Crippen LogP contribution in [0, 0.1) is 5.82 Å². The molecule has 3 rings (SSSR count). The fourth-order valence-electron chi connectivity index (χ4n) is 1.79. The van der Waals surface area contributed by atoms with Crippen LogP contribution in [0.15, 0.2) is 22.7 Å². The quantitative estimate of drug-likeness (QED) is 0.746. The average Bonchev–Trinajstić information content (AvgIpc) is 3.04. The van der Waals surface area contributed by atoms with Crippen molar-refractivity contribution < 1.29 is 4.39 Å². The molecule has 82 valence electrons. The van der Waals surface area contributed by atoms with Crippen LogP contribution in [0.4, 0.5) is 4.39 Å². The molecule has 1 heterocycles. The number of aromatic nitrogens is 1. The number of rotatable bonds is 1. The fourth-order valence-corrected chi connectivity index (χ4v) is 2.39. The number of nitrogens with zero attached hydrogens (tertiary/aromatic N) is 1. The zero-order chi connectivity index (χ0) is 11.3. The molecule has 0 atom stereocenters. The molecule has 1 aromatic heterocycles. The number of benzene rings is 1. The normalized spacial score (nSPS) is 15.7. The first-order chi connectivity index (χ1) is 7.65. The summed E-state index contributed by atoms with van der Waals surface area (Å²) in [5.41, 5.74) is 1.62. The summed E-state index contributed by atoms with van der Waals surface area (Å²) in [5, 5.41) is 1.44. The molecule has 0 radical (unpaired) electrons. The molecule has 1 aromatic carbocycles. The standard InChI is InChI=1S/C12H8BrClFN/c13-8-3-7-9(14)4-11(6-1-2-6)16-12(7)5-10(8)15/h3-6H,1-2H2. The largest absolute Gasteiger partial charge is 0.252 e. The van der Waals surface area contributed by atoms with Crippen molar-refractivity contribution in [2.45, 2.75) is 18.8 Å². The van der Waals surface area contributed by atoms with E-state index in [4.69, 9.17) is 11.6 Å². The summed E-state index contributed by atoms with van der Waals surface area (Å²) in [5.74, 6) is 0.220. The van der Waals surface area contributed by atoms with E-state index in [2.05, 4.69) is 20.9 Å². The van der Waals surface area contributed by atoms with Gasteiger partial charge in [-0.15, -0.1) is 0 Å². The van der Waals surface area contributed by atoms with Crippen molar-refractivity contribution in [3.8, 4) is 0 Å². The highest BCUT2D eigenvalue weighted by molar-refractivity contribution is 9.10.